The molecule has 0 amide bonds. The number of carbonyl (C=O) groups excluding carboxylic acids is 1. The normalized spacial score (nSPS) is 31.2. The van der Waals surface area contributed by atoms with Crippen molar-refractivity contribution in [1.82, 2.24) is 0 Å². The maximum atomic E-state index is 12.4. The van der Waals surface area contributed by atoms with Crippen LogP contribution in [0, 0.1) is 5.41 Å². The van der Waals surface area contributed by atoms with Crippen molar-refractivity contribution in [3.63, 3.8) is 0 Å². The summed E-state index contributed by atoms with van der Waals surface area (Å²) in [7, 11) is 0. The van der Waals surface area contributed by atoms with E-state index in [4.69, 9.17) is 0 Å². The molecule has 2 aliphatic carbocycles. The number of hydrogen-bond donors (Lipinski definition) is 1. The van der Waals surface area contributed by atoms with Gasteiger partial charge in [-0.3, -0.25) is 4.79 Å². The number of hydrogen-bond acceptors (Lipinski definition) is 2. The summed E-state index contributed by atoms with van der Waals surface area (Å²) in [6.45, 7) is 4.43. The Balaban J connectivity index is 2.01. The van der Waals surface area contributed by atoms with E-state index in [0.29, 0.717) is 18.0 Å². The molecule has 2 heteroatoms. The Kier molecular flexibility index (Phi) is 2.38. The largest absolute Gasteiger partial charge is 0.508 e. The van der Waals surface area contributed by atoms with Gasteiger partial charge >= 0.3 is 0 Å². The molecule has 0 aliphatic heterocycles. The van der Waals surface area contributed by atoms with Crippen molar-refractivity contribution in [2.45, 2.75) is 44.9 Å². The van der Waals surface area contributed by atoms with E-state index in [1.54, 1.807) is 6.07 Å². The first-order chi connectivity index (χ1) is 9.96. The smallest absolute Gasteiger partial charge is 0.139 e. The summed E-state index contributed by atoms with van der Waals surface area (Å²) in [4.78, 5) is 12.4. The first-order valence-corrected chi connectivity index (χ1v) is 7.74. The van der Waals surface area contributed by atoms with Crippen LogP contribution in [0.4, 0.5) is 0 Å². The second-order valence-electron chi connectivity index (χ2n) is 7.08. The number of carbonyl (C=O) groups is 1. The lowest BCUT2D eigenvalue weighted by molar-refractivity contribution is -0.127. The van der Waals surface area contributed by atoms with E-state index in [2.05, 4.69) is 26.0 Å². The second kappa shape index (κ2) is 3.88. The van der Waals surface area contributed by atoms with Crippen LogP contribution in [0.3, 0.4) is 0 Å². The van der Waals surface area contributed by atoms with Crippen molar-refractivity contribution in [2.75, 3.05) is 0 Å². The molecule has 2 atom stereocenters. The molecule has 0 heterocycles. The molecule has 0 saturated heterocycles. The van der Waals surface area contributed by atoms with E-state index in [1.165, 1.54) is 16.5 Å². The molecule has 1 saturated carbocycles. The fraction of sp³-hybridized carbons (Fsp3) is 0.421. The molecule has 0 aromatic heterocycles. The Bertz CT molecular complexity index is 776. The van der Waals surface area contributed by atoms with Crippen LogP contribution < -0.4 is 0 Å². The van der Waals surface area contributed by atoms with Crippen LogP contribution in [-0.4, -0.2) is 10.9 Å². The Labute approximate surface area is 124 Å². The summed E-state index contributed by atoms with van der Waals surface area (Å²) >= 11 is 0. The number of Topliss-reactive ketones (excluding diaryl/α,β-unsaturated/α-hetero) is 1. The molecule has 21 heavy (non-hydrogen) atoms. The zero-order valence-corrected chi connectivity index (χ0v) is 12.6. The van der Waals surface area contributed by atoms with Crippen LogP contribution in [0.25, 0.3) is 10.8 Å². The topological polar surface area (TPSA) is 37.3 Å². The molecule has 2 aromatic rings. The number of aryl methyl sites for hydroxylation is 1. The molecule has 0 radical (unpaired) electrons. The molecule has 108 valence electrons. The fourth-order valence-electron chi connectivity index (χ4n) is 4.61. The maximum Gasteiger partial charge on any atom is 0.139 e. The third-order valence-corrected chi connectivity index (χ3v) is 6.27. The van der Waals surface area contributed by atoms with Crippen molar-refractivity contribution < 1.29 is 9.90 Å². The number of benzene rings is 2. The van der Waals surface area contributed by atoms with E-state index in [1.807, 2.05) is 12.1 Å². The van der Waals surface area contributed by atoms with Crippen molar-refractivity contribution in [3.05, 3.63) is 41.5 Å². The Hall–Kier alpha value is -1.83. The van der Waals surface area contributed by atoms with E-state index < -0.39 is 0 Å². The minimum Gasteiger partial charge on any atom is -0.508 e. The Morgan fingerprint density at radius 1 is 1.00 bits per heavy atom. The number of fused-ring (bicyclic) bond motifs is 5. The van der Waals surface area contributed by atoms with E-state index in [-0.39, 0.29) is 10.8 Å². The molecule has 0 unspecified atom stereocenters. The second-order valence-corrected chi connectivity index (χ2v) is 7.08. The SMILES string of the molecule is C[C@@]12CCc3c(ccc4cc(O)ccc34)[C@@]1(C)CCC2=O. The highest BCUT2D eigenvalue weighted by molar-refractivity contribution is 5.93. The fourth-order valence-corrected chi connectivity index (χ4v) is 4.61. The van der Waals surface area contributed by atoms with E-state index >= 15 is 0 Å². The average Bonchev–Trinajstić information content (AvgIpc) is 2.71. The first-order valence-electron chi connectivity index (χ1n) is 7.74. The number of phenolic OH excluding ortho intramolecular Hbond substituents is 1. The summed E-state index contributed by atoms with van der Waals surface area (Å²) < 4.78 is 0. The van der Waals surface area contributed by atoms with Gasteiger partial charge in [-0.25, -0.2) is 0 Å². The zero-order chi connectivity index (χ0) is 14.8. The first kappa shape index (κ1) is 12.9. The number of rotatable bonds is 0. The highest BCUT2D eigenvalue weighted by Gasteiger charge is 2.57. The van der Waals surface area contributed by atoms with E-state index in [9.17, 15) is 9.90 Å². The van der Waals surface area contributed by atoms with Gasteiger partial charge in [0.2, 0.25) is 0 Å². The molecule has 2 aromatic carbocycles. The van der Waals surface area contributed by atoms with Crippen molar-refractivity contribution >= 4 is 16.6 Å². The van der Waals surface area contributed by atoms with Crippen LogP contribution in [0.5, 0.6) is 5.75 Å². The zero-order valence-electron chi connectivity index (χ0n) is 12.6. The molecule has 4 rings (SSSR count). The van der Waals surface area contributed by atoms with Crippen molar-refractivity contribution in [2.24, 2.45) is 5.41 Å². The summed E-state index contributed by atoms with van der Waals surface area (Å²) in [6.07, 6.45) is 3.56. The third-order valence-electron chi connectivity index (χ3n) is 6.27. The van der Waals surface area contributed by atoms with Gasteiger partial charge in [-0.2, -0.15) is 0 Å². The summed E-state index contributed by atoms with van der Waals surface area (Å²) in [5, 5.41) is 12.0. The van der Waals surface area contributed by atoms with Gasteiger partial charge in [0.1, 0.15) is 11.5 Å². The number of ketones is 1. The lowest BCUT2D eigenvalue weighted by Gasteiger charge is -2.45. The molecule has 2 nitrogen and oxygen atoms in total. The van der Waals surface area contributed by atoms with Gasteiger partial charge in [-0.1, -0.05) is 32.0 Å². The van der Waals surface area contributed by atoms with Gasteiger partial charge in [0, 0.05) is 17.3 Å². The Morgan fingerprint density at radius 2 is 1.76 bits per heavy atom. The summed E-state index contributed by atoms with van der Waals surface area (Å²) in [5.41, 5.74) is 2.48. The monoisotopic (exact) mass is 280 g/mol. The van der Waals surface area contributed by atoms with Crippen LogP contribution >= 0.6 is 0 Å². The van der Waals surface area contributed by atoms with Crippen molar-refractivity contribution in [1.29, 1.82) is 0 Å². The minimum absolute atomic E-state index is 0.0380. The number of phenols is 1. The van der Waals surface area contributed by atoms with Gasteiger partial charge in [0.15, 0.2) is 0 Å². The molecular weight excluding hydrogens is 260 g/mol. The predicted molar refractivity (Wildman–Crippen MR) is 83.6 cm³/mol. The highest BCUT2D eigenvalue weighted by atomic mass is 16.3. The van der Waals surface area contributed by atoms with Gasteiger partial charge < -0.3 is 5.11 Å². The van der Waals surface area contributed by atoms with Crippen LogP contribution in [-0.2, 0) is 16.6 Å². The molecule has 0 bridgehead atoms. The molecule has 2 aliphatic rings. The van der Waals surface area contributed by atoms with Crippen LogP contribution in [0.1, 0.15) is 44.2 Å². The van der Waals surface area contributed by atoms with Gasteiger partial charge in [-0.15, -0.1) is 0 Å². The van der Waals surface area contributed by atoms with Crippen molar-refractivity contribution in [3.8, 4) is 5.75 Å². The maximum absolute atomic E-state index is 12.4. The van der Waals surface area contributed by atoms with Gasteiger partial charge in [0.25, 0.3) is 0 Å². The van der Waals surface area contributed by atoms with Gasteiger partial charge in [-0.05, 0) is 53.3 Å². The van der Waals surface area contributed by atoms with Crippen LogP contribution in [0.15, 0.2) is 30.3 Å². The number of aromatic hydroxyl groups is 1. The lowest BCUT2D eigenvalue weighted by atomic mass is 9.57. The Morgan fingerprint density at radius 3 is 2.57 bits per heavy atom. The van der Waals surface area contributed by atoms with Gasteiger partial charge in [0.05, 0.1) is 0 Å². The average molecular weight is 280 g/mol. The predicted octanol–water partition coefficient (Wildman–Crippen LogP) is 4.12. The standard InChI is InChI=1S/C19H20O2/c1-18-10-8-17(21)19(18,2)9-7-15-14-5-4-13(20)11-12(14)3-6-16(15)18/h3-6,11,20H,7-10H2,1-2H3/t18-,19+/m1/s1. The minimum atomic E-state index is -0.204. The summed E-state index contributed by atoms with van der Waals surface area (Å²) in [6, 6.07) is 9.89. The summed E-state index contributed by atoms with van der Waals surface area (Å²) in [5.74, 6) is 0.742. The molecule has 1 fully saturated rings. The molecule has 0 spiro atoms. The van der Waals surface area contributed by atoms with E-state index in [0.717, 1.165) is 24.6 Å². The van der Waals surface area contributed by atoms with Crippen LogP contribution in [0.2, 0.25) is 0 Å². The quantitative estimate of drug-likeness (QED) is 0.788. The third kappa shape index (κ3) is 1.45. The molecular formula is C19H20O2. The highest BCUT2D eigenvalue weighted by Crippen LogP contribution is 2.58. The lowest BCUT2D eigenvalue weighted by Crippen LogP contribution is -2.44. The molecule has 1 N–H and O–H groups in total.